The molecule has 7 rings (SSSR count). The Labute approximate surface area is 181 Å². The summed E-state index contributed by atoms with van der Waals surface area (Å²) in [4.78, 5) is 0. The summed E-state index contributed by atoms with van der Waals surface area (Å²) in [6, 6.07) is 36.2. The van der Waals surface area contributed by atoms with E-state index >= 15 is 0 Å². The molecule has 0 aliphatic heterocycles. The minimum absolute atomic E-state index is 0.00959. The molecule has 0 fully saturated rings. The minimum Gasteiger partial charge on any atom is -0.0616 e. The van der Waals surface area contributed by atoms with Crippen LogP contribution in [0, 0.1) is 0 Å². The third kappa shape index (κ3) is 2.20. The maximum atomic E-state index is 2.40. The average molecular weight is 395 g/mol. The summed E-state index contributed by atoms with van der Waals surface area (Å²) in [5.41, 5.74) is 5.70. The molecule has 31 heavy (non-hydrogen) atoms. The number of hydrogen-bond donors (Lipinski definition) is 0. The lowest BCUT2D eigenvalue weighted by molar-refractivity contribution is 0.661. The fraction of sp³-hybridized carbons (Fsp3) is 0.0968. The van der Waals surface area contributed by atoms with Crippen molar-refractivity contribution >= 4 is 43.1 Å². The monoisotopic (exact) mass is 394 g/mol. The Hall–Kier alpha value is -3.64. The van der Waals surface area contributed by atoms with Crippen LogP contribution in [-0.2, 0) is 5.41 Å². The van der Waals surface area contributed by atoms with Crippen molar-refractivity contribution in [1.29, 1.82) is 0 Å². The van der Waals surface area contributed by atoms with E-state index in [0.29, 0.717) is 0 Å². The molecule has 0 unspecified atom stereocenters. The first kappa shape index (κ1) is 17.1. The van der Waals surface area contributed by atoms with Gasteiger partial charge in [-0.15, -0.1) is 0 Å². The van der Waals surface area contributed by atoms with Crippen LogP contribution < -0.4 is 0 Å². The zero-order valence-electron chi connectivity index (χ0n) is 17.7. The molecule has 0 saturated heterocycles. The predicted octanol–water partition coefficient (Wildman–Crippen LogP) is 8.61. The Kier molecular flexibility index (Phi) is 3.16. The highest BCUT2D eigenvalue weighted by atomic mass is 14.4. The van der Waals surface area contributed by atoms with E-state index in [0.717, 1.165) is 0 Å². The second-order valence-corrected chi connectivity index (χ2v) is 9.44. The summed E-state index contributed by atoms with van der Waals surface area (Å²) < 4.78 is 0. The smallest absolute Gasteiger partial charge is 0.0159 e. The van der Waals surface area contributed by atoms with Gasteiger partial charge in [0.2, 0.25) is 0 Å². The second kappa shape index (κ2) is 5.74. The zero-order chi connectivity index (χ0) is 20.7. The Morgan fingerprint density at radius 2 is 0.806 bits per heavy atom. The first-order valence-electron chi connectivity index (χ1n) is 11.0. The molecule has 0 radical (unpaired) electrons. The van der Waals surface area contributed by atoms with Crippen LogP contribution in [0.1, 0.15) is 25.0 Å². The molecular weight excluding hydrogens is 372 g/mol. The molecule has 1 aliphatic carbocycles. The summed E-state index contributed by atoms with van der Waals surface area (Å²) >= 11 is 0. The van der Waals surface area contributed by atoms with Gasteiger partial charge in [-0.1, -0.05) is 86.6 Å². The van der Waals surface area contributed by atoms with E-state index in [4.69, 9.17) is 0 Å². The van der Waals surface area contributed by atoms with E-state index < -0.39 is 0 Å². The summed E-state index contributed by atoms with van der Waals surface area (Å²) in [5, 5.41) is 10.6. The largest absolute Gasteiger partial charge is 0.0616 e. The molecule has 0 N–H and O–H groups in total. The van der Waals surface area contributed by atoms with Gasteiger partial charge in [-0.05, 0) is 89.6 Å². The fourth-order valence-electron chi connectivity index (χ4n) is 5.75. The SMILES string of the molecule is CC1(C)c2ccc3cc4ccccc4cc3c2-c2c1ccc1cc3ccccc3cc21. The second-order valence-electron chi connectivity index (χ2n) is 9.44. The van der Waals surface area contributed by atoms with E-state index in [1.807, 2.05) is 0 Å². The average Bonchev–Trinajstić information content (AvgIpc) is 3.03. The van der Waals surface area contributed by atoms with Crippen LogP contribution in [0.2, 0.25) is 0 Å². The van der Waals surface area contributed by atoms with Crippen LogP contribution in [0.15, 0.2) is 97.1 Å². The maximum Gasteiger partial charge on any atom is 0.0159 e. The van der Waals surface area contributed by atoms with Gasteiger partial charge in [-0.3, -0.25) is 0 Å². The van der Waals surface area contributed by atoms with Gasteiger partial charge < -0.3 is 0 Å². The van der Waals surface area contributed by atoms with E-state index in [2.05, 4.69) is 111 Å². The van der Waals surface area contributed by atoms with Gasteiger partial charge in [0.05, 0.1) is 0 Å². The predicted molar refractivity (Wildman–Crippen MR) is 134 cm³/mol. The molecule has 146 valence electrons. The molecule has 1 aliphatic rings. The van der Waals surface area contributed by atoms with Crippen molar-refractivity contribution in [3.05, 3.63) is 108 Å². The fourth-order valence-corrected chi connectivity index (χ4v) is 5.75. The van der Waals surface area contributed by atoms with Crippen molar-refractivity contribution in [3.63, 3.8) is 0 Å². The molecule has 0 atom stereocenters. The standard InChI is InChI=1S/C31H22/c1-31(2)27-13-11-23-15-19-7-3-5-9-21(19)17-25(23)29(27)30-26-18-22-10-6-4-8-20(22)16-24(26)12-14-28(30)31/h3-18H,1-2H3. The number of hydrogen-bond acceptors (Lipinski definition) is 0. The molecule has 6 aromatic rings. The van der Waals surface area contributed by atoms with Gasteiger partial charge in [-0.2, -0.15) is 0 Å². The summed E-state index contributed by atoms with van der Waals surface area (Å²) in [6.07, 6.45) is 0. The molecule has 0 heteroatoms. The van der Waals surface area contributed by atoms with Gasteiger partial charge in [0.15, 0.2) is 0 Å². The minimum atomic E-state index is -0.00959. The quantitative estimate of drug-likeness (QED) is 0.226. The van der Waals surface area contributed by atoms with Crippen molar-refractivity contribution in [2.75, 3.05) is 0 Å². The Balaban J connectivity index is 1.69. The van der Waals surface area contributed by atoms with Gasteiger partial charge >= 0.3 is 0 Å². The summed E-state index contributed by atoms with van der Waals surface area (Å²) in [7, 11) is 0. The topological polar surface area (TPSA) is 0 Å². The van der Waals surface area contributed by atoms with Gasteiger partial charge in [-0.25, -0.2) is 0 Å². The van der Waals surface area contributed by atoms with Crippen LogP contribution >= 0.6 is 0 Å². The summed E-state index contributed by atoms with van der Waals surface area (Å²) in [6.45, 7) is 4.74. The number of rotatable bonds is 0. The Morgan fingerprint density at radius 1 is 0.419 bits per heavy atom. The lowest BCUT2D eigenvalue weighted by Crippen LogP contribution is -2.14. The zero-order valence-corrected chi connectivity index (χ0v) is 17.7. The molecule has 0 heterocycles. The van der Waals surface area contributed by atoms with E-state index in [1.54, 1.807) is 0 Å². The van der Waals surface area contributed by atoms with Crippen molar-refractivity contribution in [1.82, 2.24) is 0 Å². The van der Waals surface area contributed by atoms with Gasteiger partial charge in [0.1, 0.15) is 0 Å². The molecule has 0 saturated carbocycles. The summed E-state index contributed by atoms with van der Waals surface area (Å²) in [5.74, 6) is 0. The Bertz CT molecular complexity index is 1570. The highest BCUT2D eigenvalue weighted by Crippen LogP contribution is 2.54. The lowest BCUT2D eigenvalue weighted by Gasteiger charge is -2.21. The van der Waals surface area contributed by atoms with Crippen LogP contribution in [0.4, 0.5) is 0 Å². The molecular formula is C31H22. The Morgan fingerprint density at radius 3 is 1.23 bits per heavy atom. The van der Waals surface area contributed by atoms with Gasteiger partial charge in [0.25, 0.3) is 0 Å². The maximum absolute atomic E-state index is 2.40. The van der Waals surface area contributed by atoms with E-state index in [1.165, 1.54) is 65.3 Å². The first-order chi connectivity index (χ1) is 15.1. The highest BCUT2D eigenvalue weighted by Gasteiger charge is 2.37. The van der Waals surface area contributed by atoms with Crippen molar-refractivity contribution in [2.24, 2.45) is 0 Å². The van der Waals surface area contributed by atoms with Crippen molar-refractivity contribution in [2.45, 2.75) is 19.3 Å². The number of fused-ring (bicyclic) bond motifs is 9. The van der Waals surface area contributed by atoms with E-state index in [9.17, 15) is 0 Å². The highest BCUT2D eigenvalue weighted by molar-refractivity contribution is 6.15. The van der Waals surface area contributed by atoms with Crippen molar-refractivity contribution in [3.8, 4) is 11.1 Å². The van der Waals surface area contributed by atoms with Crippen LogP contribution in [0.5, 0.6) is 0 Å². The molecule has 0 aromatic heterocycles. The van der Waals surface area contributed by atoms with E-state index in [-0.39, 0.29) is 5.41 Å². The lowest BCUT2D eigenvalue weighted by atomic mass is 9.81. The van der Waals surface area contributed by atoms with Crippen molar-refractivity contribution < 1.29 is 0 Å². The molecule has 0 nitrogen and oxygen atoms in total. The number of benzene rings is 6. The third-order valence-corrected chi connectivity index (χ3v) is 7.37. The molecule has 0 amide bonds. The third-order valence-electron chi connectivity index (χ3n) is 7.37. The van der Waals surface area contributed by atoms with Crippen LogP contribution in [0.3, 0.4) is 0 Å². The van der Waals surface area contributed by atoms with Gasteiger partial charge in [0, 0.05) is 5.41 Å². The molecule has 0 bridgehead atoms. The van der Waals surface area contributed by atoms with Crippen LogP contribution in [0.25, 0.3) is 54.2 Å². The normalized spacial score (nSPS) is 14.4. The molecule has 0 spiro atoms. The van der Waals surface area contributed by atoms with Crippen LogP contribution in [-0.4, -0.2) is 0 Å². The first-order valence-corrected chi connectivity index (χ1v) is 11.0. The molecule has 6 aromatic carbocycles.